The fourth-order valence-corrected chi connectivity index (χ4v) is 1.88. The van der Waals surface area contributed by atoms with E-state index in [0.717, 1.165) is 12.8 Å². The van der Waals surface area contributed by atoms with Crippen molar-refractivity contribution in [2.24, 2.45) is 5.41 Å². The number of hydrogen-bond donors (Lipinski definition) is 2. The Morgan fingerprint density at radius 2 is 2.12 bits per heavy atom. The van der Waals surface area contributed by atoms with Gasteiger partial charge in [0, 0.05) is 26.7 Å². The first-order chi connectivity index (χ1) is 7.60. The quantitative estimate of drug-likeness (QED) is 0.633. The number of ether oxygens (including phenoxy) is 1. The van der Waals surface area contributed by atoms with Crippen molar-refractivity contribution in [2.45, 2.75) is 32.1 Å². The molecule has 1 amide bonds. The van der Waals surface area contributed by atoms with E-state index in [0.29, 0.717) is 26.0 Å². The van der Waals surface area contributed by atoms with Crippen molar-refractivity contribution in [3.63, 3.8) is 0 Å². The highest BCUT2D eigenvalue weighted by molar-refractivity contribution is 5.85. The van der Waals surface area contributed by atoms with E-state index in [-0.39, 0.29) is 12.3 Å². The first-order valence-corrected chi connectivity index (χ1v) is 5.60. The standard InChI is InChI=1S/C11H19NO4/c1-16-7-3-6-12-9(13)8-11(10(14)15)4-2-5-11/h2-8H2,1H3,(H,12,13)(H,14,15). The molecule has 0 heterocycles. The second kappa shape index (κ2) is 5.84. The molecule has 0 bridgehead atoms. The Morgan fingerprint density at radius 1 is 1.44 bits per heavy atom. The number of amides is 1. The Balaban J connectivity index is 2.25. The number of carbonyl (C=O) groups is 2. The first-order valence-electron chi connectivity index (χ1n) is 5.60. The normalized spacial score (nSPS) is 17.6. The maximum absolute atomic E-state index is 11.5. The molecule has 0 spiro atoms. The molecular weight excluding hydrogens is 210 g/mol. The summed E-state index contributed by atoms with van der Waals surface area (Å²) in [4.78, 5) is 22.5. The molecule has 5 heteroatoms. The van der Waals surface area contributed by atoms with Crippen LogP contribution >= 0.6 is 0 Å². The van der Waals surface area contributed by atoms with Crippen LogP contribution < -0.4 is 5.32 Å². The lowest BCUT2D eigenvalue weighted by atomic mass is 9.66. The number of rotatable bonds is 7. The van der Waals surface area contributed by atoms with E-state index in [1.54, 1.807) is 7.11 Å². The van der Waals surface area contributed by atoms with Crippen LogP contribution in [0, 0.1) is 5.41 Å². The molecule has 1 saturated carbocycles. The van der Waals surface area contributed by atoms with Gasteiger partial charge in [-0.25, -0.2) is 0 Å². The van der Waals surface area contributed by atoms with Crippen LogP contribution in [0.2, 0.25) is 0 Å². The van der Waals surface area contributed by atoms with E-state index >= 15 is 0 Å². The van der Waals surface area contributed by atoms with Gasteiger partial charge in [0.15, 0.2) is 0 Å². The summed E-state index contributed by atoms with van der Waals surface area (Å²) in [5, 5.41) is 11.8. The molecule has 92 valence electrons. The van der Waals surface area contributed by atoms with E-state index in [2.05, 4.69) is 5.32 Å². The smallest absolute Gasteiger partial charge is 0.310 e. The summed E-state index contributed by atoms with van der Waals surface area (Å²) in [6.07, 6.45) is 3.00. The van der Waals surface area contributed by atoms with Gasteiger partial charge >= 0.3 is 5.97 Å². The largest absolute Gasteiger partial charge is 0.481 e. The van der Waals surface area contributed by atoms with Crippen LogP contribution in [0.15, 0.2) is 0 Å². The summed E-state index contributed by atoms with van der Waals surface area (Å²) in [5.41, 5.74) is -0.786. The number of methoxy groups -OCH3 is 1. The number of hydrogen-bond acceptors (Lipinski definition) is 3. The summed E-state index contributed by atoms with van der Waals surface area (Å²) in [6.45, 7) is 1.15. The minimum atomic E-state index is -0.842. The molecule has 0 unspecified atom stereocenters. The van der Waals surface area contributed by atoms with Crippen molar-refractivity contribution in [3.8, 4) is 0 Å². The molecule has 0 atom stereocenters. The molecule has 1 aliphatic carbocycles. The number of carbonyl (C=O) groups excluding carboxylic acids is 1. The molecule has 0 aromatic heterocycles. The molecule has 0 radical (unpaired) electrons. The van der Waals surface area contributed by atoms with Crippen molar-refractivity contribution < 1.29 is 19.4 Å². The molecule has 5 nitrogen and oxygen atoms in total. The number of nitrogens with one attached hydrogen (secondary N) is 1. The molecule has 0 saturated heterocycles. The highest BCUT2D eigenvalue weighted by Gasteiger charge is 2.45. The van der Waals surface area contributed by atoms with Crippen molar-refractivity contribution in [1.29, 1.82) is 0 Å². The van der Waals surface area contributed by atoms with Crippen molar-refractivity contribution in [3.05, 3.63) is 0 Å². The lowest BCUT2D eigenvalue weighted by Gasteiger charge is -2.36. The Labute approximate surface area is 95.2 Å². The maximum Gasteiger partial charge on any atom is 0.310 e. The van der Waals surface area contributed by atoms with Gasteiger partial charge in [-0.15, -0.1) is 0 Å². The fraction of sp³-hybridized carbons (Fsp3) is 0.818. The predicted octanol–water partition coefficient (Wildman–Crippen LogP) is 0.784. The number of carboxylic acids is 1. The van der Waals surface area contributed by atoms with Crippen LogP contribution in [0.1, 0.15) is 32.1 Å². The summed E-state index contributed by atoms with van der Waals surface area (Å²) in [5.74, 6) is -1.01. The van der Waals surface area contributed by atoms with E-state index in [1.807, 2.05) is 0 Å². The van der Waals surface area contributed by atoms with Crippen LogP contribution in [-0.2, 0) is 14.3 Å². The summed E-state index contributed by atoms with van der Waals surface area (Å²) in [6, 6.07) is 0. The highest BCUT2D eigenvalue weighted by atomic mass is 16.5. The summed E-state index contributed by atoms with van der Waals surface area (Å²) in [7, 11) is 1.61. The minimum absolute atomic E-state index is 0.106. The van der Waals surface area contributed by atoms with Gasteiger partial charge < -0.3 is 15.2 Å². The zero-order valence-corrected chi connectivity index (χ0v) is 9.62. The lowest BCUT2D eigenvalue weighted by Crippen LogP contribution is -2.42. The third kappa shape index (κ3) is 3.20. The van der Waals surface area contributed by atoms with Gasteiger partial charge in [-0.05, 0) is 19.3 Å². The van der Waals surface area contributed by atoms with E-state index < -0.39 is 11.4 Å². The van der Waals surface area contributed by atoms with Crippen LogP contribution in [0.25, 0.3) is 0 Å². The zero-order valence-electron chi connectivity index (χ0n) is 9.62. The van der Waals surface area contributed by atoms with Gasteiger partial charge in [-0.2, -0.15) is 0 Å². The molecule has 16 heavy (non-hydrogen) atoms. The van der Waals surface area contributed by atoms with E-state index in [4.69, 9.17) is 9.84 Å². The Morgan fingerprint density at radius 3 is 2.56 bits per heavy atom. The zero-order chi connectivity index (χ0) is 12.0. The summed E-state index contributed by atoms with van der Waals surface area (Å²) < 4.78 is 4.85. The van der Waals surface area contributed by atoms with Crippen molar-refractivity contribution in [1.82, 2.24) is 5.32 Å². The molecule has 1 rings (SSSR count). The second-order valence-electron chi connectivity index (χ2n) is 4.31. The molecule has 0 aliphatic heterocycles. The third-order valence-corrected chi connectivity index (χ3v) is 3.11. The maximum atomic E-state index is 11.5. The molecule has 0 aromatic rings. The average Bonchev–Trinajstić information content (AvgIpc) is 2.18. The molecular formula is C11H19NO4. The van der Waals surface area contributed by atoms with Gasteiger partial charge in [0.05, 0.1) is 5.41 Å². The Hall–Kier alpha value is -1.10. The van der Waals surface area contributed by atoms with Crippen molar-refractivity contribution >= 4 is 11.9 Å². The fourth-order valence-electron chi connectivity index (χ4n) is 1.88. The Kier molecular flexibility index (Phi) is 4.73. The van der Waals surface area contributed by atoms with E-state index in [9.17, 15) is 9.59 Å². The third-order valence-electron chi connectivity index (χ3n) is 3.11. The van der Waals surface area contributed by atoms with Crippen LogP contribution in [0.5, 0.6) is 0 Å². The molecule has 0 aromatic carbocycles. The van der Waals surface area contributed by atoms with Crippen LogP contribution in [-0.4, -0.2) is 37.2 Å². The van der Waals surface area contributed by atoms with Gasteiger partial charge in [0.25, 0.3) is 0 Å². The Bertz CT molecular complexity index is 261. The second-order valence-corrected chi connectivity index (χ2v) is 4.31. The number of carboxylic acid groups (broad SMARTS) is 1. The monoisotopic (exact) mass is 229 g/mol. The lowest BCUT2D eigenvalue weighted by molar-refractivity contribution is -0.157. The van der Waals surface area contributed by atoms with Crippen LogP contribution in [0.3, 0.4) is 0 Å². The van der Waals surface area contributed by atoms with Gasteiger partial charge in [-0.1, -0.05) is 6.42 Å². The van der Waals surface area contributed by atoms with Gasteiger partial charge in [-0.3, -0.25) is 9.59 Å². The van der Waals surface area contributed by atoms with Crippen molar-refractivity contribution in [2.75, 3.05) is 20.3 Å². The molecule has 1 fully saturated rings. The minimum Gasteiger partial charge on any atom is -0.481 e. The first kappa shape index (κ1) is 13.0. The molecule has 1 aliphatic rings. The topological polar surface area (TPSA) is 75.6 Å². The van der Waals surface area contributed by atoms with Gasteiger partial charge in [0.1, 0.15) is 0 Å². The summed E-state index contributed by atoms with van der Waals surface area (Å²) >= 11 is 0. The SMILES string of the molecule is COCCCNC(=O)CC1(C(=O)O)CCC1. The van der Waals surface area contributed by atoms with Gasteiger partial charge in [0.2, 0.25) is 5.91 Å². The van der Waals surface area contributed by atoms with E-state index in [1.165, 1.54) is 0 Å². The predicted molar refractivity (Wildman–Crippen MR) is 58.0 cm³/mol. The molecule has 2 N–H and O–H groups in total. The average molecular weight is 229 g/mol. The van der Waals surface area contributed by atoms with Crippen LogP contribution in [0.4, 0.5) is 0 Å². The number of aliphatic carboxylic acids is 1. The highest BCUT2D eigenvalue weighted by Crippen LogP contribution is 2.44.